The fourth-order valence-corrected chi connectivity index (χ4v) is 2.55. The Bertz CT molecular complexity index is 500. The van der Waals surface area contributed by atoms with Crippen LogP contribution in [0.25, 0.3) is 0 Å². The summed E-state index contributed by atoms with van der Waals surface area (Å²) < 4.78 is 6.78. The van der Waals surface area contributed by atoms with Crippen molar-refractivity contribution >= 4 is 27.3 Å². The van der Waals surface area contributed by atoms with Crippen LogP contribution in [0.1, 0.15) is 17.5 Å². The third-order valence-corrected chi connectivity index (χ3v) is 3.93. The molecule has 0 spiro atoms. The number of hydrogen-bond acceptors (Lipinski definition) is 4. The molecule has 96 valence electrons. The molecule has 0 radical (unpaired) electrons. The van der Waals surface area contributed by atoms with Crippen molar-refractivity contribution < 1.29 is 4.74 Å². The fraction of sp³-hybridized carbons (Fsp3) is 0.308. The molecule has 1 aromatic carbocycles. The Labute approximate surface area is 119 Å². The number of benzene rings is 1. The van der Waals surface area contributed by atoms with E-state index in [0.717, 1.165) is 21.7 Å². The minimum absolute atomic E-state index is 0.135. The van der Waals surface area contributed by atoms with Gasteiger partial charge in [-0.15, -0.1) is 11.3 Å². The number of hydrogen-bond donors (Lipinski definition) is 1. The van der Waals surface area contributed by atoms with E-state index in [9.17, 15) is 0 Å². The minimum atomic E-state index is 0.135. The molecule has 0 aliphatic heterocycles. The van der Waals surface area contributed by atoms with Crippen molar-refractivity contribution in [3.05, 3.63) is 44.8 Å². The van der Waals surface area contributed by atoms with Gasteiger partial charge in [-0.1, -0.05) is 15.9 Å². The summed E-state index contributed by atoms with van der Waals surface area (Å²) in [5, 5.41) is 2.92. The lowest BCUT2D eigenvalue weighted by Crippen LogP contribution is -2.18. The van der Waals surface area contributed by atoms with Crippen LogP contribution in [-0.4, -0.2) is 11.0 Å². The number of halogens is 1. The number of rotatable bonds is 5. The second-order valence-electron chi connectivity index (χ2n) is 4.15. The highest BCUT2D eigenvalue weighted by Crippen LogP contribution is 2.24. The first kappa shape index (κ1) is 13.5. The Morgan fingerprint density at radius 2 is 2.33 bits per heavy atom. The molecule has 2 N–H and O–H groups in total. The first-order valence-corrected chi connectivity index (χ1v) is 7.37. The van der Waals surface area contributed by atoms with Crippen LogP contribution in [0.2, 0.25) is 0 Å². The van der Waals surface area contributed by atoms with Gasteiger partial charge in [0.2, 0.25) is 0 Å². The average molecular weight is 327 g/mol. The Balaban J connectivity index is 2.04. The van der Waals surface area contributed by atoms with E-state index in [2.05, 4.69) is 20.9 Å². The molecule has 1 heterocycles. The zero-order chi connectivity index (χ0) is 13.0. The summed E-state index contributed by atoms with van der Waals surface area (Å²) in [6, 6.07) is 6.11. The molecule has 0 aliphatic rings. The van der Waals surface area contributed by atoms with Crippen molar-refractivity contribution in [2.75, 3.05) is 0 Å². The van der Waals surface area contributed by atoms with Crippen molar-refractivity contribution in [3.63, 3.8) is 0 Å². The molecule has 18 heavy (non-hydrogen) atoms. The van der Waals surface area contributed by atoms with E-state index in [1.807, 2.05) is 30.5 Å². The summed E-state index contributed by atoms with van der Waals surface area (Å²) >= 11 is 5.12. The van der Waals surface area contributed by atoms with E-state index in [0.29, 0.717) is 6.61 Å². The predicted octanol–water partition coefficient (Wildman–Crippen LogP) is 3.37. The SMILES string of the molecule is CC(N)Cc1cc(OCc2nccs2)ccc1Br. The van der Waals surface area contributed by atoms with Gasteiger partial charge in [-0.3, -0.25) is 0 Å². The second-order valence-corrected chi connectivity index (χ2v) is 5.98. The lowest BCUT2D eigenvalue weighted by Gasteiger charge is -2.10. The van der Waals surface area contributed by atoms with Crippen LogP contribution in [0.3, 0.4) is 0 Å². The monoisotopic (exact) mass is 326 g/mol. The highest BCUT2D eigenvalue weighted by molar-refractivity contribution is 9.10. The van der Waals surface area contributed by atoms with Crippen molar-refractivity contribution in [1.29, 1.82) is 0 Å². The maximum atomic E-state index is 5.82. The largest absolute Gasteiger partial charge is 0.486 e. The molecule has 0 saturated carbocycles. The summed E-state index contributed by atoms with van der Waals surface area (Å²) in [7, 11) is 0. The minimum Gasteiger partial charge on any atom is -0.486 e. The van der Waals surface area contributed by atoms with E-state index < -0.39 is 0 Å². The number of nitrogens with zero attached hydrogens (tertiary/aromatic N) is 1. The van der Waals surface area contributed by atoms with E-state index in [4.69, 9.17) is 10.5 Å². The summed E-state index contributed by atoms with van der Waals surface area (Å²) in [4.78, 5) is 4.18. The third-order valence-electron chi connectivity index (χ3n) is 2.40. The predicted molar refractivity (Wildman–Crippen MR) is 77.9 cm³/mol. The summed E-state index contributed by atoms with van der Waals surface area (Å²) in [5.41, 5.74) is 6.99. The molecule has 0 saturated heterocycles. The standard InChI is InChI=1S/C13H15BrN2OS/c1-9(15)6-10-7-11(2-3-12(10)14)17-8-13-16-4-5-18-13/h2-5,7,9H,6,8,15H2,1H3. The molecule has 1 unspecified atom stereocenters. The third kappa shape index (κ3) is 3.80. The van der Waals surface area contributed by atoms with E-state index in [1.54, 1.807) is 17.5 Å². The molecule has 0 bridgehead atoms. The fourth-order valence-electron chi connectivity index (χ4n) is 1.61. The van der Waals surface area contributed by atoms with Crippen LogP contribution in [0.5, 0.6) is 5.75 Å². The molecular weight excluding hydrogens is 312 g/mol. The van der Waals surface area contributed by atoms with Crippen molar-refractivity contribution in [2.45, 2.75) is 26.0 Å². The highest BCUT2D eigenvalue weighted by atomic mass is 79.9. The molecule has 1 atom stereocenters. The van der Waals surface area contributed by atoms with Gasteiger partial charge in [0.05, 0.1) is 0 Å². The van der Waals surface area contributed by atoms with Gasteiger partial charge in [-0.2, -0.15) is 0 Å². The maximum Gasteiger partial charge on any atom is 0.140 e. The lowest BCUT2D eigenvalue weighted by molar-refractivity contribution is 0.305. The normalized spacial score (nSPS) is 12.4. The molecular formula is C13H15BrN2OS. The van der Waals surface area contributed by atoms with Gasteiger partial charge < -0.3 is 10.5 Å². The van der Waals surface area contributed by atoms with Crippen LogP contribution >= 0.6 is 27.3 Å². The Kier molecular flexibility index (Phi) is 4.74. The topological polar surface area (TPSA) is 48.1 Å². The van der Waals surface area contributed by atoms with E-state index >= 15 is 0 Å². The zero-order valence-corrected chi connectivity index (χ0v) is 12.5. The molecule has 5 heteroatoms. The van der Waals surface area contributed by atoms with Gasteiger partial charge in [-0.05, 0) is 37.1 Å². The number of aromatic nitrogens is 1. The summed E-state index contributed by atoms with van der Waals surface area (Å²) in [5.74, 6) is 0.851. The molecule has 0 amide bonds. The van der Waals surface area contributed by atoms with Crippen LogP contribution < -0.4 is 10.5 Å². The first-order valence-electron chi connectivity index (χ1n) is 5.70. The molecule has 1 aromatic heterocycles. The zero-order valence-electron chi connectivity index (χ0n) is 10.1. The average Bonchev–Trinajstić information content (AvgIpc) is 2.82. The van der Waals surface area contributed by atoms with Crippen molar-refractivity contribution in [3.8, 4) is 5.75 Å². The maximum absolute atomic E-state index is 5.82. The first-order chi connectivity index (χ1) is 8.65. The Morgan fingerprint density at radius 3 is 3.00 bits per heavy atom. The van der Waals surface area contributed by atoms with Crippen molar-refractivity contribution in [1.82, 2.24) is 4.98 Å². The van der Waals surface area contributed by atoms with Gasteiger partial charge in [0, 0.05) is 22.1 Å². The number of ether oxygens (including phenoxy) is 1. The van der Waals surface area contributed by atoms with Gasteiger partial charge in [-0.25, -0.2) is 4.98 Å². The molecule has 2 aromatic rings. The quantitative estimate of drug-likeness (QED) is 0.916. The van der Waals surface area contributed by atoms with Crippen LogP contribution in [0.15, 0.2) is 34.2 Å². The smallest absolute Gasteiger partial charge is 0.140 e. The molecule has 0 aliphatic carbocycles. The van der Waals surface area contributed by atoms with Crippen LogP contribution in [0.4, 0.5) is 0 Å². The van der Waals surface area contributed by atoms with Crippen LogP contribution in [-0.2, 0) is 13.0 Å². The van der Waals surface area contributed by atoms with Gasteiger partial charge in [0.25, 0.3) is 0 Å². The van der Waals surface area contributed by atoms with Gasteiger partial charge in [0.15, 0.2) is 0 Å². The van der Waals surface area contributed by atoms with Crippen molar-refractivity contribution in [2.24, 2.45) is 5.73 Å². The lowest BCUT2D eigenvalue weighted by atomic mass is 10.1. The van der Waals surface area contributed by atoms with Gasteiger partial charge >= 0.3 is 0 Å². The van der Waals surface area contributed by atoms with Gasteiger partial charge in [0.1, 0.15) is 17.4 Å². The van der Waals surface area contributed by atoms with E-state index in [-0.39, 0.29) is 6.04 Å². The Morgan fingerprint density at radius 1 is 1.50 bits per heavy atom. The summed E-state index contributed by atoms with van der Waals surface area (Å²) in [6.07, 6.45) is 2.61. The number of nitrogens with two attached hydrogens (primary N) is 1. The second kappa shape index (κ2) is 6.31. The molecule has 2 rings (SSSR count). The Hall–Kier alpha value is -0.910. The highest BCUT2D eigenvalue weighted by Gasteiger charge is 2.06. The van der Waals surface area contributed by atoms with E-state index in [1.165, 1.54) is 5.56 Å². The molecule has 0 fully saturated rings. The van der Waals surface area contributed by atoms with Crippen LogP contribution in [0, 0.1) is 0 Å². The summed E-state index contributed by atoms with van der Waals surface area (Å²) in [6.45, 7) is 2.51. The number of thiazole rings is 1. The molecule has 3 nitrogen and oxygen atoms in total.